The number of thioether (sulfide) groups is 1. The molecule has 0 amide bonds. The van der Waals surface area contributed by atoms with Gasteiger partial charge in [0.15, 0.2) is 0 Å². The topological polar surface area (TPSA) is 12.0 Å². The maximum Gasteiger partial charge on any atom is 0.00944 e. The Morgan fingerprint density at radius 3 is 2.35 bits per heavy atom. The second-order valence-electron chi connectivity index (χ2n) is 6.27. The van der Waals surface area contributed by atoms with Crippen molar-refractivity contribution in [1.29, 1.82) is 0 Å². The fraction of sp³-hybridized carbons (Fsp3) is 0.667. The van der Waals surface area contributed by atoms with E-state index in [-0.39, 0.29) is 0 Å². The molecule has 1 aliphatic rings. The van der Waals surface area contributed by atoms with Crippen molar-refractivity contribution in [3.8, 4) is 0 Å². The fourth-order valence-corrected chi connectivity index (χ4v) is 4.30. The summed E-state index contributed by atoms with van der Waals surface area (Å²) in [7, 11) is 2.03. The van der Waals surface area contributed by atoms with Crippen molar-refractivity contribution in [2.24, 2.45) is 5.92 Å². The number of nitrogens with one attached hydrogen (secondary N) is 1. The largest absolute Gasteiger partial charge is 0.319 e. The molecule has 2 heteroatoms. The summed E-state index contributed by atoms with van der Waals surface area (Å²) in [6.45, 7) is 5.75. The van der Waals surface area contributed by atoms with Gasteiger partial charge in [0, 0.05) is 10.1 Å². The predicted octanol–water partition coefficient (Wildman–Crippen LogP) is 5.07. The molecule has 2 atom stereocenters. The zero-order chi connectivity index (χ0) is 14.4. The Bertz CT molecular complexity index is 381. The molecule has 1 N–H and O–H groups in total. The Hall–Kier alpha value is -0.470. The van der Waals surface area contributed by atoms with Crippen molar-refractivity contribution >= 4 is 11.8 Å². The second-order valence-corrected chi connectivity index (χ2v) is 7.64. The Morgan fingerprint density at radius 2 is 1.75 bits per heavy atom. The van der Waals surface area contributed by atoms with Crippen molar-refractivity contribution in [2.45, 2.75) is 62.0 Å². The first-order valence-corrected chi connectivity index (χ1v) is 9.00. The van der Waals surface area contributed by atoms with Crippen LogP contribution < -0.4 is 5.32 Å². The quantitative estimate of drug-likeness (QED) is 0.785. The minimum absolute atomic E-state index is 0.621. The van der Waals surface area contributed by atoms with Crippen LogP contribution in [0.2, 0.25) is 0 Å². The summed E-state index contributed by atoms with van der Waals surface area (Å²) in [4.78, 5) is 1.45. The maximum absolute atomic E-state index is 3.28. The summed E-state index contributed by atoms with van der Waals surface area (Å²) < 4.78 is 0. The van der Waals surface area contributed by atoms with Crippen LogP contribution in [-0.4, -0.2) is 18.8 Å². The highest BCUT2D eigenvalue weighted by atomic mass is 32.2. The zero-order valence-electron chi connectivity index (χ0n) is 13.2. The van der Waals surface area contributed by atoms with Gasteiger partial charge in [-0.1, -0.05) is 45.2 Å². The summed E-state index contributed by atoms with van der Waals surface area (Å²) in [5.41, 5.74) is 1.47. The van der Waals surface area contributed by atoms with Crippen molar-refractivity contribution < 1.29 is 0 Å². The minimum atomic E-state index is 0.621. The molecule has 2 rings (SSSR count). The van der Waals surface area contributed by atoms with Gasteiger partial charge in [0.1, 0.15) is 0 Å². The van der Waals surface area contributed by atoms with Crippen LogP contribution in [0.1, 0.15) is 57.4 Å². The summed E-state index contributed by atoms with van der Waals surface area (Å²) >= 11 is 2.09. The van der Waals surface area contributed by atoms with E-state index >= 15 is 0 Å². The van der Waals surface area contributed by atoms with E-state index in [1.807, 2.05) is 7.05 Å². The highest BCUT2D eigenvalue weighted by molar-refractivity contribution is 8.00. The van der Waals surface area contributed by atoms with E-state index < -0.39 is 0 Å². The summed E-state index contributed by atoms with van der Waals surface area (Å²) in [6.07, 6.45) is 7.10. The average molecular weight is 292 g/mol. The van der Waals surface area contributed by atoms with Gasteiger partial charge in [-0.15, -0.1) is 11.8 Å². The van der Waals surface area contributed by atoms with E-state index in [4.69, 9.17) is 0 Å². The van der Waals surface area contributed by atoms with E-state index in [2.05, 4.69) is 55.2 Å². The van der Waals surface area contributed by atoms with Crippen LogP contribution >= 0.6 is 11.8 Å². The van der Waals surface area contributed by atoms with Gasteiger partial charge in [0.2, 0.25) is 0 Å². The van der Waals surface area contributed by atoms with E-state index in [1.165, 1.54) is 42.6 Å². The molecule has 0 spiro atoms. The summed E-state index contributed by atoms with van der Waals surface area (Å²) in [5.74, 6) is 1.30. The Morgan fingerprint density at radius 1 is 1.10 bits per heavy atom. The molecule has 1 saturated carbocycles. The van der Waals surface area contributed by atoms with Crippen molar-refractivity contribution in [3.05, 3.63) is 29.8 Å². The van der Waals surface area contributed by atoms with Gasteiger partial charge in [-0.2, -0.15) is 0 Å². The van der Waals surface area contributed by atoms with E-state index in [1.54, 1.807) is 0 Å². The summed E-state index contributed by atoms with van der Waals surface area (Å²) in [6, 6.07) is 9.33. The van der Waals surface area contributed by atoms with Crippen LogP contribution in [0.25, 0.3) is 0 Å². The molecular formula is C18H29NS. The van der Waals surface area contributed by atoms with Gasteiger partial charge < -0.3 is 5.32 Å². The standard InChI is InChI=1S/C18H29NS/c1-14(13-19-3)15(2)16-9-11-18(12-10-16)20-17-7-5-4-6-8-17/h9-12,14-15,17,19H,4-8,13H2,1-3H3. The van der Waals surface area contributed by atoms with Crippen LogP contribution in [0.15, 0.2) is 29.2 Å². The molecule has 2 unspecified atom stereocenters. The van der Waals surface area contributed by atoms with Crippen LogP contribution in [0.3, 0.4) is 0 Å². The predicted molar refractivity (Wildman–Crippen MR) is 90.7 cm³/mol. The van der Waals surface area contributed by atoms with Crippen molar-refractivity contribution in [2.75, 3.05) is 13.6 Å². The lowest BCUT2D eigenvalue weighted by Crippen LogP contribution is -2.20. The molecule has 20 heavy (non-hydrogen) atoms. The lowest BCUT2D eigenvalue weighted by atomic mass is 9.89. The second kappa shape index (κ2) is 8.09. The zero-order valence-corrected chi connectivity index (χ0v) is 14.0. The van der Waals surface area contributed by atoms with Crippen LogP contribution in [0.4, 0.5) is 0 Å². The Kier molecular flexibility index (Phi) is 6.44. The van der Waals surface area contributed by atoms with Crippen molar-refractivity contribution in [3.63, 3.8) is 0 Å². The number of rotatable bonds is 6. The monoisotopic (exact) mass is 291 g/mol. The number of benzene rings is 1. The van der Waals surface area contributed by atoms with Crippen LogP contribution in [0, 0.1) is 5.92 Å². The molecule has 0 heterocycles. The maximum atomic E-state index is 3.28. The molecule has 0 aromatic heterocycles. The third-order valence-electron chi connectivity index (χ3n) is 4.64. The van der Waals surface area contributed by atoms with Gasteiger partial charge in [-0.25, -0.2) is 0 Å². The molecular weight excluding hydrogens is 262 g/mol. The van der Waals surface area contributed by atoms with Gasteiger partial charge >= 0.3 is 0 Å². The first kappa shape index (κ1) is 15.9. The van der Waals surface area contributed by atoms with E-state index in [0.717, 1.165) is 11.8 Å². The third-order valence-corrected chi connectivity index (χ3v) is 5.99. The van der Waals surface area contributed by atoms with Gasteiger partial charge in [-0.3, -0.25) is 0 Å². The Labute approximate surface area is 128 Å². The molecule has 0 bridgehead atoms. The highest BCUT2D eigenvalue weighted by Gasteiger charge is 2.16. The van der Waals surface area contributed by atoms with Gasteiger partial charge in [0.25, 0.3) is 0 Å². The molecule has 0 saturated heterocycles. The minimum Gasteiger partial charge on any atom is -0.319 e. The highest BCUT2D eigenvalue weighted by Crippen LogP contribution is 2.34. The lowest BCUT2D eigenvalue weighted by Gasteiger charge is -2.22. The molecule has 0 radical (unpaired) electrons. The molecule has 0 aliphatic heterocycles. The first-order valence-electron chi connectivity index (χ1n) is 8.12. The first-order chi connectivity index (χ1) is 9.70. The van der Waals surface area contributed by atoms with Crippen LogP contribution in [-0.2, 0) is 0 Å². The average Bonchev–Trinajstić information content (AvgIpc) is 2.48. The normalized spacial score (nSPS) is 19.8. The van der Waals surface area contributed by atoms with Gasteiger partial charge in [-0.05, 0) is 56.0 Å². The molecule has 1 aromatic carbocycles. The van der Waals surface area contributed by atoms with Gasteiger partial charge in [0.05, 0.1) is 0 Å². The lowest BCUT2D eigenvalue weighted by molar-refractivity contribution is 0.466. The smallest absolute Gasteiger partial charge is 0.00944 e. The molecule has 1 nitrogen and oxygen atoms in total. The van der Waals surface area contributed by atoms with Crippen LogP contribution in [0.5, 0.6) is 0 Å². The van der Waals surface area contributed by atoms with E-state index in [9.17, 15) is 0 Å². The molecule has 112 valence electrons. The third kappa shape index (κ3) is 4.53. The molecule has 1 aromatic rings. The molecule has 1 fully saturated rings. The summed E-state index contributed by atoms with van der Waals surface area (Å²) in [5, 5.41) is 4.14. The Balaban J connectivity index is 1.91. The molecule has 1 aliphatic carbocycles. The van der Waals surface area contributed by atoms with Crippen molar-refractivity contribution in [1.82, 2.24) is 5.32 Å². The SMILES string of the molecule is CNCC(C)C(C)c1ccc(SC2CCCCC2)cc1. The number of hydrogen-bond acceptors (Lipinski definition) is 2. The fourth-order valence-electron chi connectivity index (χ4n) is 3.05. The number of hydrogen-bond donors (Lipinski definition) is 1. The van der Waals surface area contributed by atoms with E-state index in [0.29, 0.717) is 11.8 Å².